The minimum Gasteiger partial charge on any atom is -0.313 e. The Hall–Kier alpha value is -0.870. The summed E-state index contributed by atoms with van der Waals surface area (Å²) in [7, 11) is 4.17. The molecular formula is C12H22N4. The first-order chi connectivity index (χ1) is 7.70. The van der Waals surface area contributed by atoms with Crippen molar-refractivity contribution in [1.82, 2.24) is 20.0 Å². The van der Waals surface area contributed by atoms with Gasteiger partial charge in [0.2, 0.25) is 0 Å². The number of rotatable bonds is 3. The highest BCUT2D eigenvalue weighted by atomic mass is 15.3. The van der Waals surface area contributed by atoms with Gasteiger partial charge in [-0.3, -0.25) is 4.68 Å². The van der Waals surface area contributed by atoms with Gasteiger partial charge in [0, 0.05) is 17.8 Å². The van der Waals surface area contributed by atoms with Gasteiger partial charge in [0.15, 0.2) is 0 Å². The molecule has 0 saturated carbocycles. The molecule has 1 saturated heterocycles. The quantitative estimate of drug-likeness (QED) is 0.840. The largest absolute Gasteiger partial charge is 0.313 e. The van der Waals surface area contributed by atoms with Crippen LogP contribution in [-0.2, 0) is 0 Å². The van der Waals surface area contributed by atoms with Crippen molar-refractivity contribution < 1.29 is 0 Å². The second kappa shape index (κ2) is 4.97. The standard InChI is InChI=1S/C12H22N4/c1-10(13-2)11-8-14-16(9-11)12-4-6-15(3)7-5-12/h8-10,12-13H,4-7H2,1-3H3. The lowest BCUT2D eigenvalue weighted by atomic mass is 10.1. The first-order valence-corrected chi connectivity index (χ1v) is 6.10. The van der Waals surface area contributed by atoms with Crippen molar-refractivity contribution in [2.75, 3.05) is 27.2 Å². The Kier molecular flexibility index (Phi) is 3.61. The van der Waals surface area contributed by atoms with E-state index in [-0.39, 0.29) is 0 Å². The lowest BCUT2D eigenvalue weighted by Crippen LogP contribution is -2.31. The molecule has 1 aromatic heterocycles. The van der Waals surface area contributed by atoms with Gasteiger partial charge >= 0.3 is 0 Å². The average molecular weight is 222 g/mol. The molecule has 1 aromatic rings. The van der Waals surface area contributed by atoms with Crippen LogP contribution in [0, 0.1) is 0 Å². The Labute approximate surface area is 97.6 Å². The summed E-state index contributed by atoms with van der Waals surface area (Å²) in [6.07, 6.45) is 6.60. The Morgan fingerprint density at radius 1 is 1.44 bits per heavy atom. The first kappa shape index (κ1) is 11.6. The molecule has 0 bridgehead atoms. The van der Waals surface area contributed by atoms with E-state index in [9.17, 15) is 0 Å². The van der Waals surface area contributed by atoms with Crippen LogP contribution in [0.1, 0.15) is 37.4 Å². The number of hydrogen-bond donors (Lipinski definition) is 1. The summed E-state index contributed by atoms with van der Waals surface area (Å²) < 4.78 is 2.15. The van der Waals surface area contributed by atoms with E-state index in [1.807, 2.05) is 13.2 Å². The summed E-state index contributed by atoms with van der Waals surface area (Å²) in [5.41, 5.74) is 1.28. The molecule has 4 heteroatoms. The molecule has 1 aliphatic rings. The first-order valence-electron chi connectivity index (χ1n) is 6.10. The fraction of sp³-hybridized carbons (Fsp3) is 0.750. The fourth-order valence-corrected chi connectivity index (χ4v) is 2.20. The number of nitrogens with zero attached hydrogens (tertiary/aromatic N) is 3. The van der Waals surface area contributed by atoms with Crippen LogP contribution in [0.15, 0.2) is 12.4 Å². The lowest BCUT2D eigenvalue weighted by molar-refractivity contribution is 0.212. The predicted molar refractivity (Wildman–Crippen MR) is 65.5 cm³/mol. The normalized spacial score (nSPS) is 21.2. The molecule has 0 aromatic carbocycles. The summed E-state index contributed by atoms with van der Waals surface area (Å²) >= 11 is 0. The molecule has 1 atom stereocenters. The third kappa shape index (κ3) is 2.44. The summed E-state index contributed by atoms with van der Waals surface area (Å²) in [5, 5.41) is 7.74. The van der Waals surface area contributed by atoms with E-state index >= 15 is 0 Å². The molecule has 1 N–H and O–H groups in total. The van der Waals surface area contributed by atoms with Gasteiger partial charge in [0.25, 0.3) is 0 Å². The van der Waals surface area contributed by atoms with Gasteiger partial charge in [-0.15, -0.1) is 0 Å². The minimum absolute atomic E-state index is 0.389. The number of aromatic nitrogens is 2. The smallest absolute Gasteiger partial charge is 0.0543 e. The Bertz CT molecular complexity index is 326. The fourth-order valence-electron chi connectivity index (χ4n) is 2.20. The molecule has 1 aliphatic heterocycles. The van der Waals surface area contributed by atoms with Gasteiger partial charge in [-0.05, 0) is 47.0 Å². The highest BCUT2D eigenvalue weighted by molar-refractivity contribution is 5.09. The van der Waals surface area contributed by atoms with E-state index in [0.717, 1.165) is 0 Å². The Balaban J connectivity index is 2.01. The molecule has 0 spiro atoms. The predicted octanol–water partition coefficient (Wildman–Crippen LogP) is 1.43. The van der Waals surface area contributed by atoms with E-state index in [1.165, 1.54) is 31.5 Å². The minimum atomic E-state index is 0.389. The highest BCUT2D eigenvalue weighted by Gasteiger charge is 2.19. The zero-order chi connectivity index (χ0) is 11.5. The number of piperidine rings is 1. The van der Waals surface area contributed by atoms with E-state index < -0.39 is 0 Å². The van der Waals surface area contributed by atoms with Crippen molar-refractivity contribution in [3.05, 3.63) is 18.0 Å². The second-order valence-corrected chi connectivity index (χ2v) is 4.80. The molecule has 1 unspecified atom stereocenters. The van der Waals surface area contributed by atoms with Crippen molar-refractivity contribution in [2.24, 2.45) is 0 Å². The zero-order valence-electron chi connectivity index (χ0n) is 10.5. The van der Waals surface area contributed by atoms with E-state index in [1.54, 1.807) is 0 Å². The van der Waals surface area contributed by atoms with Crippen molar-refractivity contribution in [3.8, 4) is 0 Å². The average Bonchev–Trinajstić information content (AvgIpc) is 2.78. The third-order valence-electron chi connectivity index (χ3n) is 3.62. The molecule has 2 rings (SSSR count). The maximum absolute atomic E-state index is 4.49. The maximum atomic E-state index is 4.49. The summed E-state index contributed by atoms with van der Waals surface area (Å²) in [6, 6.07) is 0.981. The molecule has 0 amide bonds. The van der Waals surface area contributed by atoms with Crippen LogP contribution in [0.4, 0.5) is 0 Å². The summed E-state index contributed by atoms with van der Waals surface area (Å²) in [5.74, 6) is 0. The highest BCUT2D eigenvalue weighted by Crippen LogP contribution is 2.22. The van der Waals surface area contributed by atoms with Crippen LogP contribution >= 0.6 is 0 Å². The Morgan fingerprint density at radius 2 is 2.12 bits per heavy atom. The van der Waals surface area contributed by atoms with Crippen LogP contribution in [0.25, 0.3) is 0 Å². The van der Waals surface area contributed by atoms with Crippen molar-refractivity contribution in [2.45, 2.75) is 31.8 Å². The second-order valence-electron chi connectivity index (χ2n) is 4.80. The van der Waals surface area contributed by atoms with Gasteiger partial charge in [-0.25, -0.2) is 0 Å². The number of likely N-dealkylation sites (tertiary alicyclic amines) is 1. The van der Waals surface area contributed by atoms with Gasteiger partial charge in [0.1, 0.15) is 0 Å². The molecule has 2 heterocycles. The van der Waals surface area contributed by atoms with Gasteiger partial charge < -0.3 is 10.2 Å². The van der Waals surface area contributed by atoms with Crippen LogP contribution in [-0.4, -0.2) is 41.9 Å². The van der Waals surface area contributed by atoms with Crippen molar-refractivity contribution >= 4 is 0 Å². The molecule has 1 fully saturated rings. The van der Waals surface area contributed by atoms with Gasteiger partial charge in [-0.1, -0.05) is 0 Å². The third-order valence-corrected chi connectivity index (χ3v) is 3.62. The summed E-state index contributed by atoms with van der Waals surface area (Å²) in [4.78, 5) is 2.39. The molecule has 16 heavy (non-hydrogen) atoms. The monoisotopic (exact) mass is 222 g/mol. The van der Waals surface area contributed by atoms with E-state index in [4.69, 9.17) is 0 Å². The van der Waals surface area contributed by atoms with Crippen molar-refractivity contribution in [3.63, 3.8) is 0 Å². The van der Waals surface area contributed by atoms with Gasteiger partial charge in [-0.2, -0.15) is 5.10 Å². The molecular weight excluding hydrogens is 200 g/mol. The van der Waals surface area contributed by atoms with Crippen LogP contribution in [0.5, 0.6) is 0 Å². The molecule has 90 valence electrons. The van der Waals surface area contributed by atoms with Crippen LogP contribution in [0.3, 0.4) is 0 Å². The molecule has 0 radical (unpaired) electrons. The van der Waals surface area contributed by atoms with E-state index in [0.29, 0.717) is 12.1 Å². The topological polar surface area (TPSA) is 33.1 Å². The van der Waals surface area contributed by atoms with Gasteiger partial charge in [0.05, 0.1) is 12.2 Å². The van der Waals surface area contributed by atoms with Crippen molar-refractivity contribution in [1.29, 1.82) is 0 Å². The van der Waals surface area contributed by atoms with E-state index in [2.05, 4.69) is 40.2 Å². The number of nitrogens with one attached hydrogen (secondary N) is 1. The molecule has 0 aliphatic carbocycles. The SMILES string of the molecule is CNC(C)c1cnn(C2CCN(C)CC2)c1. The number of hydrogen-bond acceptors (Lipinski definition) is 3. The maximum Gasteiger partial charge on any atom is 0.0543 e. The zero-order valence-corrected chi connectivity index (χ0v) is 10.5. The Morgan fingerprint density at radius 3 is 2.75 bits per heavy atom. The van der Waals surface area contributed by atoms with Crippen LogP contribution in [0.2, 0.25) is 0 Å². The molecule has 4 nitrogen and oxygen atoms in total. The van der Waals surface area contributed by atoms with Crippen LogP contribution < -0.4 is 5.32 Å². The summed E-state index contributed by atoms with van der Waals surface area (Å²) in [6.45, 7) is 4.53. The lowest BCUT2D eigenvalue weighted by Gasteiger charge is -2.29.